The Bertz CT molecular complexity index is 969. The van der Waals surface area contributed by atoms with Gasteiger partial charge in [0, 0.05) is 35.5 Å². The molecule has 3 rings (SSSR count). The Labute approximate surface area is 168 Å². The maximum absolute atomic E-state index is 12.8. The molecule has 0 saturated carbocycles. The first-order valence-electron chi connectivity index (χ1n) is 9.33. The molecule has 148 valence electrons. The first-order chi connectivity index (χ1) is 13.3. The SMILES string of the molecule is C[N+](C)(C)CCOCCCC(=O)c1csc(C(=O)c2c[nH]c3ccccc23)n1. The minimum absolute atomic E-state index is 0.0515. The molecule has 0 spiro atoms. The van der Waals surface area contributed by atoms with Crippen LogP contribution in [0.15, 0.2) is 35.8 Å². The van der Waals surface area contributed by atoms with Gasteiger partial charge in [-0.1, -0.05) is 18.2 Å². The number of thiazole rings is 1. The average molecular weight is 401 g/mol. The lowest BCUT2D eigenvalue weighted by atomic mass is 10.1. The van der Waals surface area contributed by atoms with Crippen molar-refractivity contribution in [2.75, 3.05) is 40.9 Å². The van der Waals surface area contributed by atoms with Crippen LogP contribution in [0.4, 0.5) is 0 Å². The van der Waals surface area contributed by atoms with Gasteiger partial charge >= 0.3 is 0 Å². The van der Waals surface area contributed by atoms with Crippen LogP contribution in [0.25, 0.3) is 10.9 Å². The van der Waals surface area contributed by atoms with Gasteiger partial charge in [0.15, 0.2) is 10.8 Å². The minimum atomic E-state index is -0.162. The highest BCUT2D eigenvalue weighted by Crippen LogP contribution is 2.23. The fourth-order valence-corrected chi connectivity index (χ4v) is 3.56. The van der Waals surface area contributed by atoms with Crippen molar-refractivity contribution in [3.8, 4) is 0 Å². The topological polar surface area (TPSA) is 72.1 Å². The molecule has 0 fully saturated rings. The van der Waals surface area contributed by atoms with E-state index < -0.39 is 0 Å². The van der Waals surface area contributed by atoms with Gasteiger partial charge in [0.1, 0.15) is 12.2 Å². The number of fused-ring (bicyclic) bond motifs is 1. The van der Waals surface area contributed by atoms with Crippen LogP contribution < -0.4 is 0 Å². The quantitative estimate of drug-likeness (QED) is 0.321. The van der Waals surface area contributed by atoms with Crippen LogP contribution in [0.3, 0.4) is 0 Å². The molecule has 28 heavy (non-hydrogen) atoms. The highest BCUT2D eigenvalue weighted by molar-refractivity contribution is 7.12. The third-order valence-corrected chi connectivity index (χ3v) is 5.26. The van der Waals surface area contributed by atoms with E-state index in [1.165, 1.54) is 11.3 Å². The van der Waals surface area contributed by atoms with E-state index in [1.54, 1.807) is 11.6 Å². The third kappa shape index (κ3) is 5.13. The molecule has 0 saturated heterocycles. The van der Waals surface area contributed by atoms with Gasteiger partial charge in [-0.2, -0.15) is 0 Å². The van der Waals surface area contributed by atoms with Crippen LogP contribution in [0.2, 0.25) is 0 Å². The Morgan fingerprint density at radius 2 is 1.96 bits per heavy atom. The Morgan fingerprint density at radius 3 is 2.75 bits per heavy atom. The van der Waals surface area contributed by atoms with Gasteiger partial charge in [-0.15, -0.1) is 11.3 Å². The first-order valence-corrected chi connectivity index (χ1v) is 10.2. The fraction of sp³-hybridized carbons (Fsp3) is 0.381. The number of hydrogen-bond acceptors (Lipinski definition) is 5. The molecular formula is C21H26N3O3S+. The van der Waals surface area contributed by atoms with Gasteiger partial charge in [0.05, 0.1) is 33.3 Å². The number of Topliss-reactive ketones (excluding diaryl/α,β-unsaturated/α-hetero) is 1. The number of H-pyrrole nitrogens is 1. The van der Waals surface area contributed by atoms with E-state index in [4.69, 9.17) is 4.74 Å². The zero-order chi connectivity index (χ0) is 20.1. The highest BCUT2D eigenvalue weighted by Gasteiger charge is 2.19. The monoisotopic (exact) mass is 400 g/mol. The molecule has 2 heterocycles. The predicted octanol–water partition coefficient (Wildman–Crippen LogP) is 3.54. The summed E-state index contributed by atoms with van der Waals surface area (Å²) in [5.41, 5.74) is 1.85. The molecule has 0 aliphatic carbocycles. The van der Waals surface area contributed by atoms with Gasteiger partial charge in [-0.25, -0.2) is 4.98 Å². The van der Waals surface area contributed by atoms with Crippen molar-refractivity contribution < 1.29 is 18.8 Å². The molecule has 7 heteroatoms. The summed E-state index contributed by atoms with van der Waals surface area (Å²) in [5, 5.41) is 2.87. The summed E-state index contributed by atoms with van der Waals surface area (Å²) in [4.78, 5) is 32.5. The van der Waals surface area contributed by atoms with Crippen LogP contribution in [-0.2, 0) is 4.74 Å². The normalized spacial score (nSPS) is 11.8. The number of ketones is 2. The van der Waals surface area contributed by atoms with Gasteiger partial charge in [-0.3, -0.25) is 9.59 Å². The molecule has 0 unspecified atom stereocenters. The van der Waals surface area contributed by atoms with E-state index in [9.17, 15) is 9.59 Å². The zero-order valence-corrected chi connectivity index (χ0v) is 17.3. The molecule has 0 aliphatic heterocycles. The van der Waals surface area contributed by atoms with E-state index in [1.807, 2.05) is 24.3 Å². The lowest BCUT2D eigenvalue weighted by Gasteiger charge is -2.23. The maximum atomic E-state index is 12.8. The Balaban J connectivity index is 1.53. The van der Waals surface area contributed by atoms with E-state index in [-0.39, 0.29) is 11.6 Å². The summed E-state index contributed by atoms with van der Waals surface area (Å²) < 4.78 is 6.44. The molecular weight excluding hydrogens is 374 g/mol. The number of nitrogens with zero attached hydrogens (tertiary/aromatic N) is 2. The number of nitrogens with one attached hydrogen (secondary N) is 1. The van der Waals surface area contributed by atoms with Crippen molar-refractivity contribution >= 4 is 33.8 Å². The second kappa shape index (κ2) is 8.77. The highest BCUT2D eigenvalue weighted by atomic mass is 32.1. The summed E-state index contributed by atoms with van der Waals surface area (Å²) in [6.45, 7) is 2.16. The fourth-order valence-electron chi connectivity index (χ4n) is 2.78. The molecule has 1 N–H and O–H groups in total. The van der Waals surface area contributed by atoms with Crippen molar-refractivity contribution in [2.45, 2.75) is 12.8 Å². The van der Waals surface area contributed by atoms with Gasteiger partial charge < -0.3 is 14.2 Å². The van der Waals surface area contributed by atoms with Crippen LogP contribution in [0, 0.1) is 0 Å². The number of para-hydroxylation sites is 1. The number of likely N-dealkylation sites (N-methyl/N-ethyl adjacent to an activating group) is 1. The van der Waals surface area contributed by atoms with Crippen LogP contribution in [0.5, 0.6) is 0 Å². The summed E-state index contributed by atoms with van der Waals surface area (Å²) in [5.74, 6) is -0.213. The number of benzene rings is 1. The third-order valence-electron chi connectivity index (χ3n) is 4.42. The maximum Gasteiger partial charge on any atom is 0.223 e. The predicted molar refractivity (Wildman–Crippen MR) is 111 cm³/mol. The van der Waals surface area contributed by atoms with Crippen molar-refractivity contribution in [3.63, 3.8) is 0 Å². The van der Waals surface area contributed by atoms with Crippen LogP contribution in [-0.4, -0.2) is 66.9 Å². The zero-order valence-electron chi connectivity index (χ0n) is 16.5. The largest absolute Gasteiger partial charge is 0.376 e. The molecule has 2 aromatic heterocycles. The number of aromatic amines is 1. The number of hydrogen-bond donors (Lipinski definition) is 1. The smallest absolute Gasteiger partial charge is 0.223 e. The van der Waals surface area contributed by atoms with Gasteiger partial charge in [-0.05, 0) is 12.5 Å². The van der Waals surface area contributed by atoms with Crippen LogP contribution in [0.1, 0.15) is 38.7 Å². The number of rotatable bonds is 10. The molecule has 3 aromatic rings. The number of carbonyl (C=O) groups excluding carboxylic acids is 2. The van der Waals surface area contributed by atoms with Crippen molar-refractivity contribution in [3.05, 3.63) is 52.1 Å². The van der Waals surface area contributed by atoms with Gasteiger partial charge in [0.2, 0.25) is 5.78 Å². The molecule has 0 aliphatic rings. The summed E-state index contributed by atoms with van der Waals surface area (Å²) in [6.07, 6.45) is 2.72. The molecule has 0 atom stereocenters. The Morgan fingerprint density at radius 1 is 1.18 bits per heavy atom. The molecule has 1 aromatic carbocycles. The molecule has 0 radical (unpaired) electrons. The van der Waals surface area contributed by atoms with E-state index in [2.05, 4.69) is 31.1 Å². The number of quaternary nitrogens is 1. The van der Waals surface area contributed by atoms with E-state index >= 15 is 0 Å². The number of aromatic nitrogens is 2. The number of carbonyl (C=O) groups is 2. The van der Waals surface area contributed by atoms with E-state index in [0.717, 1.165) is 21.9 Å². The standard InChI is InChI=1S/C21H25N3O3S/c1-24(2,3)10-12-27-11-6-9-19(25)18-14-28-21(23-18)20(26)16-13-22-17-8-5-4-7-15(16)17/h4-5,7-8,13-14H,6,9-12H2,1-3H3/p+1. The Hall–Kier alpha value is -2.35. The lowest BCUT2D eigenvalue weighted by molar-refractivity contribution is -0.870. The van der Waals surface area contributed by atoms with E-state index in [0.29, 0.717) is 42.3 Å². The minimum Gasteiger partial charge on any atom is -0.376 e. The summed E-state index contributed by atoms with van der Waals surface area (Å²) >= 11 is 1.21. The average Bonchev–Trinajstić information content (AvgIpc) is 3.30. The summed E-state index contributed by atoms with van der Waals surface area (Å²) in [6, 6.07) is 7.63. The van der Waals surface area contributed by atoms with Crippen molar-refractivity contribution in [2.24, 2.45) is 0 Å². The molecule has 0 amide bonds. The lowest BCUT2D eigenvalue weighted by Crippen LogP contribution is -2.37. The molecule has 6 nitrogen and oxygen atoms in total. The van der Waals surface area contributed by atoms with Gasteiger partial charge in [0.25, 0.3) is 0 Å². The van der Waals surface area contributed by atoms with Crippen molar-refractivity contribution in [1.29, 1.82) is 0 Å². The second-order valence-corrected chi connectivity index (χ2v) is 8.63. The first kappa shape index (κ1) is 20.4. The van der Waals surface area contributed by atoms with Crippen LogP contribution >= 0.6 is 11.3 Å². The number of ether oxygens (including phenoxy) is 1. The summed E-state index contributed by atoms with van der Waals surface area (Å²) in [7, 11) is 6.35. The second-order valence-electron chi connectivity index (χ2n) is 7.77. The molecule has 0 bridgehead atoms. The Kier molecular flexibility index (Phi) is 6.39. The van der Waals surface area contributed by atoms with Crippen molar-refractivity contribution in [1.82, 2.24) is 9.97 Å².